The standard InChI is InChI=1S/C11H12ClNO2/c1-6-8(5-14)13-11-9(15-2)4-3-7(12)10(6)11/h3-4,13-14H,5H2,1-2H3. The molecule has 15 heavy (non-hydrogen) atoms. The van der Waals surface area contributed by atoms with Crippen molar-refractivity contribution in [3.05, 3.63) is 28.4 Å². The molecular weight excluding hydrogens is 214 g/mol. The van der Waals surface area contributed by atoms with Crippen LogP contribution in [0.2, 0.25) is 5.02 Å². The zero-order chi connectivity index (χ0) is 11.0. The summed E-state index contributed by atoms with van der Waals surface area (Å²) in [6.07, 6.45) is 0. The maximum absolute atomic E-state index is 9.16. The Labute approximate surface area is 92.6 Å². The smallest absolute Gasteiger partial charge is 0.143 e. The number of benzene rings is 1. The van der Waals surface area contributed by atoms with Gasteiger partial charge in [0.15, 0.2) is 0 Å². The van der Waals surface area contributed by atoms with Gasteiger partial charge < -0.3 is 14.8 Å². The van der Waals surface area contributed by atoms with Gasteiger partial charge >= 0.3 is 0 Å². The molecule has 4 heteroatoms. The molecule has 0 bridgehead atoms. The van der Waals surface area contributed by atoms with Gasteiger partial charge in [0.05, 0.1) is 24.3 Å². The Bertz CT molecular complexity index is 505. The summed E-state index contributed by atoms with van der Waals surface area (Å²) in [5.74, 6) is 0.734. The van der Waals surface area contributed by atoms with Crippen LogP contribution in [0.1, 0.15) is 11.3 Å². The third-order valence-electron chi connectivity index (χ3n) is 2.60. The van der Waals surface area contributed by atoms with E-state index < -0.39 is 0 Å². The zero-order valence-corrected chi connectivity index (χ0v) is 9.35. The fraction of sp³-hybridized carbons (Fsp3) is 0.273. The highest BCUT2D eigenvalue weighted by atomic mass is 35.5. The minimum absolute atomic E-state index is 0.0278. The molecule has 80 valence electrons. The van der Waals surface area contributed by atoms with Crippen molar-refractivity contribution >= 4 is 22.5 Å². The van der Waals surface area contributed by atoms with Gasteiger partial charge in [-0.2, -0.15) is 0 Å². The van der Waals surface area contributed by atoms with E-state index in [0.29, 0.717) is 5.02 Å². The number of nitrogens with one attached hydrogen (secondary N) is 1. The molecule has 1 aromatic carbocycles. The normalized spacial score (nSPS) is 10.9. The first-order chi connectivity index (χ1) is 7.19. The Hall–Kier alpha value is -1.19. The van der Waals surface area contributed by atoms with Crippen LogP contribution in [0.25, 0.3) is 10.9 Å². The van der Waals surface area contributed by atoms with Crippen LogP contribution < -0.4 is 4.74 Å². The average molecular weight is 226 g/mol. The van der Waals surface area contributed by atoms with Crippen molar-refractivity contribution in [2.24, 2.45) is 0 Å². The molecule has 3 nitrogen and oxygen atoms in total. The Morgan fingerprint density at radius 2 is 2.20 bits per heavy atom. The number of halogens is 1. The number of rotatable bonds is 2. The number of hydrogen-bond acceptors (Lipinski definition) is 2. The first kappa shape index (κ1) is 10.3. The van der Waals surface area contributed by atoms with Gasteiger partial charge in [-0.3, -0.25) is 0 Å². The zero-order valence-electron chi connectivity index (χ0n) is 8.60. The van der Waals surface area contributed by atoms with E-state index in [4.69, 9.17) is 21.4 Å². The number of methoxy groups -OCH3 is 1. The molecule has 0 saturated heterocycles. The Morgan fingerprint density at radius 1 is 1.47 bits per heavy atom. The molecule has 0 radical (unpaired) electrons. The number of aromatic nitrogens is 1. The second-order valence-electron chi connectivity index (χ2n) is 3.39. The van der Waals surface area contributed by atoms with E-state index in [0.717, 1.165) is 27.9 Å². The SMILES string of the molecule is COc1ccc(Cl)c2c(C)c(CO)[nH]c12. The molecule has 0 saturated carbocycles. The second kappa shape index (κ2) is 3.76. The molecule has 0 spiro atoms. The number of aliphatic hydroxyl groups is 1. The summed E-state index contributed by atoms with van der Waals surface area (Å²) in [4.78, 5) is 3.11. The monoisotopic (exact) mass is 225 g/mol. The number of aliphatic hydroxyl groups excluding tert-OH is 1. The summed E-state index contributed by atoms with van der Waals surface area (Å²) in [6, 6.07) is 3.60. The lowest BCUT2D eigenvalue weighted by Gasteiger charge is -2.02. The fourth-order valence-electron chi connectivity index (χ4n) is 1.77. The van der Waals surface area contributed by atoms with Crippen molar-refractivity contribution in [2.75, 3.05) is 7.11 Å². The average Bonchev–Trinajstić information content (AvgIpc) is 2.57. The van der Waals surface area contributed by atoms with Crippen LogP contribution in [-0.4, -0.2) is 17.2 Å². The van der Waals surface area contributed by atoms with Crippen LogP contribution >= 0.6 is 11.6 Å². The van der Waals surface area contributed by atoms with Gasteiger partial charge in [-0.25, -0.2) is 0 Å². The summed E-state index contributed by atoms with van der Waals surface area (Å²) in [5.41, 5.74) is 2.58. The lowest BCUT2D eigenvalue weighted by atomic mass is 10.1. The molecule has 0 aliphatic carbocycles. The molecule has 1 heterocycles. The van der Waals surface area contributed by atoms with Crippen LogP contribution in [0.3, 0.4) is 0 Å². The first-order valence-corrected chi connectivity index (χ1v) is 5.01. The largest absolute Gasteiger partial charge is 0.495 e. The van der Waals surface area contributed by atoms with Crippen LogP contribution in [0.15, 0.2) is 12.1 Å². The van der Waals surface area contributed by atoms with Crippen molar-refractivity contribution in [1.29, 1.82) is 0 Å². The summed E-state index contributed by atoms with van der Waals surface area (Å²) in [6.45, 7) is 1.90. The van der Waals surface area contributed by atoms with Gasteiger partial charge in [0.25, 0.3) is 0 Å². The summed E-state index contributed by atoms with van der Waals surface area (Å²) in [7, 11) is 1.61. The Morgan fingerprint density at radius 3 is 2.80 bits per heavy atom. The lowest BCUT2D eigenvalue weighted by Crippen LogP contribution is -1.85. The van der Waals surface area contributed by atoms with E-state index in [1.165, 1.54) is 0 Å². The first-order valence-electron chi connectivity index (χ1n) is 4.63. The molecule has 2 aromatic rings. The van der Waals surface area contributed by atoms with Crippen molar-refractivity contribution in [3.8, 4) is 5.75 Å². The number of ether oxygens (including phenoxy) is 1. The van der Waals surface area contributed by atoms with E-state index in [-0.39, 0.29) is 6.61 Å². The van der Waals surface area contributed by atoms with Crippen molar-refractivity contribution in [1.82, 2.24) is 4.98 Å². The molecule has 0 atom stereocenters. The molecule has 0 aliphatic rings. The minimum Gasteiger partial charge on any atom is -0.495 e. The molecule has 2 N–H and O–H groups in total. The summed E-state index contributed by atoms with van der Waals surface area (Å²) in [5, 5.41) is 10.7. The number of aromatic amines is 1. The lowest BCUT2D eigenvalue weighted by molar-refractivity contribution is 0.277. The van der Waals surface area contributed by atoms with Gasteiger partial charge in [-0.15, -0.1) is 0 Å². The van der Waals surface area contributed by atoms with Crippen molar-refractivity contribution in [3.63, 3.8) is 0 Å². The number of hydrogen-bond donors (Lipinski definition) is 2. The maximum Gasteiger partial charge on any atom is 0.143 e. The Kier molecular flexibility index (Phi) is 2.59. The molecule has 1 aromatic heterocycles. The summed E-state index contributed by atoms with van der Waals surface area (Å²) >= 11 is 6.10. The van der Waals surface area contributed by atoms with Gasteiger partial charge in [0.1, 0.15) is 5.75 Å². The van der Waals surface area contributed by atoms with E-state index in [1.54, 1.807) is 13.2 Å². The van der Waals surface area contributed by atoms with Crippen molar-refractivity contribution in [2.45, 2.75) is 13.5 Å². The van der Waals surface area contributed by atoms with Crippen LogP contribution in [-0.2, 0) is 6.61 Å². The van der Waals surface area contributed by atoms with Gasteiger partial charge in [0, 0.05) is 11.1 Å². The van der Waals surface area contributed by atoms with Gasteiger partial charge in [-0.1, -0.05) is 11.6 Å². The van der Waals surface area contributed by atoms with Crippen LogP contribution in [0.4, 0.5) is 0 Å². The van der Waals surface area contributed by atoms with Gasteiger partial charge in [-0.05, 0) is 24.6 Å². The number of aryl methyl sites for hydroxylation is 1. The van der Waals surface area contributed by atoms with Crippen LogP contribution in [0.5, 0.6) is 5.75 Å². The van der Waals surface area contributed by atoms with Crippen LogP contribution in [0, 0.1) is 6.92 Å². The topological polar surface area (TPSA) is 45.2 Å². The maximum atomic E-state index is 9.16. The number of H-pyrrole nitrogens is 1. The van der Waals surface area contributed by atoms with E-state index >= 15 is 0 Å². The molecule has 2 rings (SSSR count). The molecule has 0 fully saturated rings. The quantitative estimate of drug-likeness (QED) is 0.825. The Balaban J connectivity index is 2.85. The highest BCUT2D eigenvalue weighted by Gasteiger charge is 2.13. The van der Waals surface area contributed by atoms with E-state index in [2.05, 4.69) is 4.98 Å². The number of fused-ring (bicyclic) bond motifs is 1. The molecule has 0 aliphatic heterocycles. The fourth-order valence-corrected chi connectivity index (χ4v) is 2.07. The van der Waals surface area contributed by atoms with Crippen molar-refractivity contribution < 1.29 is 9.84 Å². The van der Waals surface area contributed by atoms with Gasteiger partial charge in [0.2, 0.25) is 0 Å². The predicted molar refractivity (Wildman–Crippen MR) is 60.5 cm³/mol. The third kappa shape index (κ3) is 1.48. The highest BCUT2D eigenvalue weighted by Crippen LogP contribution is 2.34. The summed E-state index contributed by atoms with van der Waals surface area (Å²) < 4.78 is 5.22. The predicted octanol–water partition coefficient (Wildman–Crippen LogP) is 2.63. The second-order valence-corrected chi connectivity index (χ2v) is 3.79. The third-order valence-corrected chi connectivity index (χ3v) is 2.91. The molecule has 0 amide bonds. The molecular formula is C11H12ClNO2. The minimum atomic E-state index is -0.0278. The van der Waals surface area contributed by atoms with E-state index in [1.807, 2.05) is 13.0 Å². The molecule has 0 unspecified atom stereocenters. The van der Waals surface area contributed by atoms with E-state index in [9.17, 15) is 0 Å². The highest BCUT2D eigenvalue weighted by molar-refractivity contribution is 6.36.